The first-order chi connectivity index (χ1) is 10.3. The van der Waals surface area contributed by atoms with Gasteiger partial charge in [0.1, 0.15) is 0 Å². The van der Waals surface area contributed by atoms with Crippen LogP contribution in [-0.2, 0) is 12.8 Å². The molecule has 0 radical (unpaired) electrons. The van der Waals surface area contributed by atoms with Crippen LogP contribution in [0, 0.1) is 0 Å². The van der Waals surface area contributed by atoms with E-state index in [1.165, 1.54) is 29.7 Å². The molecule has 2 unspecified atom stereocenters. The minimum Gasteiger partial charge on any atom is -0.387 e. The fourth-order valence-electron chi connectivity index (χ4n) is 3.08. The zero-order chi connectivity index (χ0) is 14.7. The van der Waals surface area contributed by atoms with Crippen LogP contribution in [0.25, 0.3) is 0 Å². The summed E-state index contributed by atoms with van der Waals surface area (Å²) in [6, 6.07) is 6.09. The predicted octanol–water partition coefficient (Wildman–Crippen LogP) is 3.19. The Morgan fingerprint density at radius 1 is 1.29 bits per heavy atom. The first kappa shape index (κ1) is 14.7. The second kappa shape index (κ2) is 6.69. The SMILES string of the molecule is NCC(c1cccnc1)C(O)c1cc2c(s1)CCCCC2. The Bertz CT molecular complexity index is 558. The van der Waals surface area contributed by atoms with E-state index < -0.39 is 6.10 Å². The largest absolute Gasteiger partial charge is 0.387 e. The van der Waals surface area contributed by atoms with Gasteiger partial charge < -0.3 is 10.8 Å². The maximum atomic E-state index is 10.8. The van der Waals surface area contributed by atoms with Crippen molar-refractivity contribution < 1.29 is 5.11 Å². The number of aryl methyl sites for hydroxylation is 2. The minimum atomic E-state index is -0.531. The van der Waals surface area contributed by atoms with E-state index in [-0.39, 0.29) is 5.92 Å². The molecule has 3 nitrogen and oxygen atoms in total. The normalized spacial score (nSPS) is 17.8. The molecule has 21 heavy (non-hydrogen) atoms. The molecule has 0 saturated heterocycles. The second-order valence-electron chi connectivity index (χ2n) is 5.73. The van der Waals surface area contributed by atoms with Crippen LogP contribution in [0.1, 0.15) is 52.2 Å². The highest BCUT2D eigenvalue weighted by atomic mass is 32.1. The maximum Gasteiger partial charge on any atom is 0.0963 e. The second-order valence-corrected chi connectivity index (χ2v) is 6.90. The van der Waals surface area contributed by atoms with Gasteiger partial charge in [0.05, 0.1) is 6.10 Å². The van der Waals surface area contributed by atoms with E-state index in [2.05, 4.69) is 11.1 Å². The van der Waals surface area contributed by atoms with Crippen molar-refractivity contribution in [1.82, 2.24) is 4.98 Å². The molecule has 0 aliphatic heterocycles. The number of aromatic nitrogens is 1. The number of thiophene rings is 1. The molecule has 2 heterocycles. The molecule has 0 saturated carbocycles. The first-order valence-electron chi connectivity index (χ1n) is 7.69. The summed E-state index contributed by atoms with van der Waals surface area (Å²) in [5.74, 6) is -0.0824. The average Bonchev–Trinajstić information content (AvgIpc) is 2.80. The average molecular weight is 302 g/mol. The zero-order valence-electron chi connectivity index (χ0n) is 12.2. The lowest BCUT2D eigenvalue weighted by Gasteiger charge is -2.20. The number of hydrogen-bond donors (Lipinski definition) is 2. The van der Waals surface area contributed by atoms with E-state index in [1.807, 2.05) is 12.1 Å². The van der Waals surface area contributed by atoms with Crippen LogP contribution in [0.2, 0.25) is 0 Å². The third kappa shape index (κ3) is 3.18. The van der Waals surface area contributed by atoms with Gasteiger partial charge in [-0.25, -0.2) is 0 Å². The Morgan fingerprint density at radius 3 is 2.90 bits per heavy atom. The molecule has 2 atom stereocenters. The van der Waals surface area contributed by atoms with Crippen LogP contribution in [0.4, 0.5) is 0 Å². The standard InChI is InChI=1S/C17H22N2OS/c18-10-14(13-6-4-8-19-11-13)17(20)16-9-12-5-2-1-3-7-15(12)21-16/h4,6,8-9,11,14,17,20H,1-3,5,7,10,18H2. The molecule has 3 rings (SSSR count). The predicted molar refractivity (Wildman–Crippen MR) is 86.6 cm³/mol. The third-order valence-corrected chi connectivity index (χ3v) is 5.61. The highest BCUT2D eigenvalue weighted by Crippen LogP contribution is 2.37. The number of pyridine rings is 1. The van der Waals surface area contributed by atoms with Crippen LogP contribution in [-0.4, -0.2) is 16.6 Å². The lowest BCUT2D eigenvalue weighted by Crippen LogP contribution is -2.19. The minimum absolute atomic E-state index is 0.0824. The van der Waals surface area contributed by atoms with E-state index >= 15 is 0 Å². The summed E-state index contributed by atoms with van der Waals surface area (Å²) >= 11 is 1.77. The van der Waals surface area contributed by atoms with Crippen molar-refractivity contribution in [1.29, 1.82) is 0 Å². The van der Waals surface area contributed by atoms with Gasteiger partial charge in [-0.1, -0.05) is 12.5 Å². The Hall–Kier alpha value is -1.23. The Balaban J connectivity index is 1.85. The van der Waals surface area contributed by atoms with Gasteiger partial charge in [0.2, 0.25) is 0 Å². The number of nitrogens with zero attached hydrogens (tertiary/aromatic N) is 1. The van der Waals surface area contributed by atoms with E-state index in [0.717, 1.165) is 23.3 Å². The number of hydrogen-bond acceptors (Lipinski definition) is 4. The molecule has 1 aliphatic rings. The topological polar surface area (TPSA) is 59.1 Å². The van der Waals surface area contributed by atoms with Crippen LogP contribution in [0.5, 0.6) is 0 Å². The Labute approximate surface area is 129 Å². The van der Waals surface area contributed by atoms with Gasteiger partial charge in [0.25, 0.3) is 0 Å². The molecule has 3 N–H and O–H groups in total. The number of fused-ring (bicyclic) bond motifs is 1. The summed E-state index contributed by atoms with van der Waals surface area (Å²) in [7, 11) is 0. The van der Waals surface area contributed by atoms with Crippen molar-refractivity contribution >= 4 is 11.3 Å². The number of rotatable bonds is 4. The van der Waals surface area contributed by atoms with Crippen molar-refractivity contribution in [3.8, 4) is 0 Å². The molecular weight excluding hydrogens is 280 g/mol. The van der Waals surface area contributed by atoms with E-state index in [1.54, 1.807) is 23.7 Å². The molecule has 4 heteroatoms. The molecule has 1 aliphatic carbocycles. The number of nitrogens with two attached hydrogens (primary N) is 1. The molecule has 2 aromatic heterocycles. The van der Waals surface area contributed by atoms with Crippen molar-refractivity contribution in [3.05, 3.63) is 51.5 Å². The summed E-state index contributed by atoms with van der Waals surface area (Å²) in [6.07, 6.45) is 9.19. The summed E-state index contributed by atoms with van der Waals surface area (Å²) in [6.45, 7) is 0.426. The van der Waals surface area contributed by atoms with Crippen molar-refractivity contribution in [2.75, 3.05) is 6.54 Å². The van der Waals surface area contributed by atoms with Crippen molar-refractivity contribution in [3.63, 3.8) is 0 Å². The van der Waals surface area contributed by atoms with Crippen molar-refractivity contribution in [2.24, 2.45) is 5.73 Å². The molecule has 0 aromatic carbocycles. The summed E-state index contributed by atoms with van der Waals surface area (Å²) in [5, 5.41) is 10.8. The van der Waals surface area contributed by atoms with Crippen LogP contribution < -0.4 is 5.73 Å². The number of aliphatic hydroxyl groups is 1. The van der Waals surface area contributed by atoms with Gasteiger partial charge in [-0.3, -0.25) is 4.98 Å². The zero-order valence-corrected chi connectivity index (χ0v) is 13.0. The smallest absolute Gasteiger partial charge is 0.0963 e. The molecule has 0 spiro atoms. The molecule has 112 valence electrons. The van der Waals surface area contributed by atoms with E-state index in [0.29, 0.717) is 6.54 Å². The van der Waals surface area contributed by atoms with Crippen LogP contribution >= 0.6 is 11.3 Å². The van der Waals surface area contributed by atoms with Crippen molar-refractivity contribution in [2.45, 2.75) is 44.1 Å². The van der Waals surface area contributed by atoms with Gasteiger partial charge >= 0.3 is 0 Å². The highest BCUT2D eigenvalue weighted by Gasteiger charge is 2.25. The third-order valence-electron chi connectivity index (χ3n) is 4.30. The fraction of sp³-hybridized carbons (Fsp3) is 0.471. The quantitative estimate of drug-likeness (QED) is 0.853. The highest BCUT2D eigenvalue weighted by molar-refractivity contribution is 7.12. The summed E-state index contributed by atoms with van der Waals surface area (Å²) in [5.41, 5.74) is 8.36. The van der Waals surface area contributed by atoms with Gasteiger partial charge in [0.15, 0.2) is 0 Å². The van der Waals surface area contributed by atoms with Gasteiger partial charge in [-0.2, -0.15) is 0 Å². The molecule has 0 bridgehead atoms. The molecule has 0 fully saturated rings. The molecule has 2 aromatic rings. The van der Waals surface area contributed by atoms with Gasteiger partial charge in [0, 0.05) is 34.6 Å². The molecular formula is C17H22N2OS. The van der Waals surface area contributed by atoms with E-state index in [4.69, 9.17) is 5.73 Å². The van der Waals surface area contributed by atoms with Gasteiger partial charge in [-0.15, -0.1) is 11.3 Å². The van der Waals surface area contributed by atoms with Crippen LogP contribution in [0.3, 0.4) is 0 Å². The molecule has 0 amide bonds. The lowest BCUT2D eigenvalue weighted by molar-refractivity contribution is 0.151. The summed E-state index contributed by atoms with van der Waals surface area (Å²) in [4.78, 5) is 6.66. The first-order valence-corrected chi connectivity index (χ1v) is 8.50. The number of aliphatic hydroxyl groups excluding tert-OH is 1. The van der Waals surface area contributed by atoms with Crippen LogP contribution in [0.15, 0.2) is 30.6 Å². The fourth-order valence-corrected chi connectivity index (χ4v) is 4.39. The maximum absolute atomic E-state index is 10.8. The van der Waals surface area contributed by atoms with Gasteiger partial charge in [-0.05, 0) is 48.9 Å². The lowest BCUT2D eigenvalue weighted by atomic mass is 9.93. The summed E-state index contributed by atoms with van der Waals surface area (Å²) < 4.78 is 0. The van der Waals surface area contributed by atoms with E-state index in [9.17, 15) is 5.11 Å². The Kier molecular flexibility index (Phi) is 4.68. The Morgan fingerprint density at radius 2 is 2.14 bits per heavy atom. The monoisotopic (exact) mass is 302 g/mol.